The van der Waals surface area contributed by atoms with E-state index in [9.17, 15) is 4.39 Å². The maximum Gasteiger partial charge on any atom is 0.191 e. The first-order chi connectivity index (χ1) is 13.5. The van der Waals surface area contributed by atoms with Gasteiger partial charge in [0.25, 0.3) is 0 Å². The Bertz CT molecular complexity index is 656. The highest BCUT2D eigenvalue weighted by Crippen LogP contribution is 2.44. The van der Waals surface area contributed by atoms with Crippen LogP contribution in [0.5, 0.6) is 0 Å². The summed E-state index contributed by atoms with van der Waals surface area (Å²) < 4.78 is 19.7. The van der Waals surface area contributed by atoms with Gasteiger partial charge in [-0.05, 0) is 45.2 Å². The number of piperidine rings is 1. The van der Waals surface area contributed by atoms with E-state index in [0.29, 0.717) is 22.7 Å². The van der Waals surface area contributed by atoms with Crippen LogP contribution < -0.4 is 10.6 Å². The molecule has 2 fully saturated rings. The number of hydrogen-bond donors (Lipinski definition) is 2. The van der Waals surface area contributed by atoms with E-state index >= 15 is 0 Å². The summed E-state index contributed by atoms with van der Waals surface area (Å²) in [4.78, 5) is 6.81. The molecule has 0 radical (unpaired) electrons. The van der Waals surface area contributed by atoms with Gasteiger partial charge in [0.05, 0.1) is 12.7 Å². The topological polar surface area (TPSA) is 48.9 Å². The van der Waals surface area contributed by atoms with Crippen molar-refractivity contribution in [2.24, 2.45) is 4.99 Å². The fourth-order valence-corrected chi connectivity index (χ4v) is 4.10. The second kappa shape index (κ2) is 9.90. The molecule has 1 saturated carbocycles. The van der Waals surface area contributed by atoms with Gasteiger partial charge in [0.15, 0.2) is 5.96 Å². The molecule has 0 bridgehead atoms. The first-order valence-electron chi connectivity index (χ1n) is 10.3. The quantitative estimate of drug-likeness (QED) is 0.534. The minimum atomic E-state index is -0.224. The van der Waals surface area contributed by atoms with E-state index in [2.05, 4.69) is 34.4 Å². The zero-order chi connectivity index (χ0) is 20.1. The predicted molar refractivity (Wildman–Crippen MR) is 113 cm³/mol. The number of hydrogen-bond acceptors (Lipinski definition) is 3. The maximum absolute atomic E-state index is 14.1. The lowest BCUT2D eigenvalue weighted by Gasteiger charge is -2.33. The van der Waals surface area contributed by atoms with Gasteiger partial charge in [-0.2, -0.15) is 0 Å². The van der Waals surface area contributed by atoms with E-state index < -0.39 is 0 Å². The van der Waals surface area contributed by atoms with Crippen molar-refractivity contribution in [3.05, 3.63) is 34.6 Å². The fraction of sp³-hybridized carbons (Fsp3) is 0.667. The molecule has 5 nitrogen and oxygen atoms in total. The SMILES string of the molecule is CN=C(NC1CCN(CCOC(C)C)CC1)NC1CC1c1c(F)cccc1Cl. The lowest BCUT2D eigenvalue weighted by atomic mass is 10.1. The van der Waals surface area contributed by atoms with Gasteiger partial charge in [-0.25, -0.2) is 4.39 Å². The number of benzene rings is 1. The van der Waals surface area contributed by atoms with E-state index in [1.54, 1.807) is 19.2 Å². The summed E-state index contributed by atoms with van der Waals surface area (Å²) in [6, 6.07) is 5.46. The second-order valence-electron chi connectivity index (χ2n) is 7.98. The molecule has 1 aromatic rings. The molecule has 2 aliphatic rings. The summed E-state index contributed by atoms with van der Waals surface area (Å²) in [6.45, 7) is 8.05. The summed E-state index contributed by atoms with van der Waals surface area (Å²) in [5.41, 5.74) is 0.619. The number of rotatable bonds is 7. The Balaban J connectivity index is 1.42. The van der Waals surface area contributed by atoms with Crippen LogP contribution in [0.1, 0.15) is 44.6 Å². The highest BCUT2D eigenvalue weighted by atomic mass is 35.5. The molecular formula is C21H32ClFN4O. The van der Waals surface area contributed by atoms with Gasteiger partial charge < -0.3 is 20.3 Å². The zero-order valence-corrected chi connectivity index (χ0v) is 17.8. The van der Waals surface area contributed by atoms with Crippen LogP contribution in [0, 0.1) is 5.82 Å². The second-order valence-corrected chi connectivity index (χ2v) is 8.39. The smallest absolute Gasteiger partial charge is 0.191 e. The van der Waals surface area contributed by atoms with Gasteiger partial charge >= 0.3 is 0 Å². The van der Waals surface area contributed by atoms with Crippen LogP contribution in [0.15, 0.2) is 23.2 Å². The molecule has 0 aromatic heterocycles. The first kappa shape index (κ1) is 21.3. The fourth-order valence-electron chi connectivity index (χ4n) is 3.80. The number of nitrogens with zero attached hydrogens (tertiary/aromatic N) is 2. The molecule has 156 valence electrons. The summed E-state index contributed by atoms with van der Waals surface area (Å²) in [5, 5.41) is 7.46. The van der Waals surface area contributed by atoms with Gasteiger partial charge in [-0.15, -0.1) is 0 Å². The van der Waals surface area contributed by atoms with Gasteiger partial charge in [0.1, 0.15) is 5.82 Å². The summed E-state index contributed by atoms with van der Waals surface area (Å²) in [5.74, 6) is 0.676. The van der Waals surface area contributed by atoms with Crippen LogP contribution in [0.2, 0.25) is 5.02 Å². The van der Waals surface area contributed by atoms with Gasteiger partial charge in [0.2, 0.25) is 0 Å². The van der Waals surface area contributed by atoms with Crippen molar-refractivity contribution < 1.29 is 9.13 Å². The minimum Gasteiger partial charge on any atom is -0.377 e. The van der Waals surface area contributed by atoms with Crippen LogP contribution in [0.3, 0.4) is 0 Å². The van der Waals surface area contributed by atoms with Crippen LogP contribution in [-0.2, 0) is 4.74 Å². The lowest BCUT2D eigenvalue weighted by Crippen LogP contribution is -2.49. The monoisotopic (exact) mass is 410 g/mol. The Kier molecular flexibility index (Phi) is 7.55. The molecule has 1 aromatic carbocycles. The Morgan fingerprint density at radius 1 is 1.32 bits per heavy atom. The van der Waals surface area contributed by atoms with Crippen molar-refractivity contribution in [2.75, 3.05) is 33.3 Å². The molecule has 1 aliphatic carbocycles. The Labute approximate surface area is 172 Å². The van der Waals surface area contributed by atoms with Gasteiger partial charge in [-0.1, -0.05) is 17.7 Å². The molecule has 1 heterocycles. The predicted octanol–water partition coefficient (Wildman–Crippen LogP) is 3.39. The molecule has 0 spiro atoms. The average molecular weight is 411 g/mol. The third-order valence-corrected chi connectivity index (χ3v) is 5.82. The van der Waals surface area contributed by atoms with Crippen molar-refractivity contribution in [1.82, 2.24) is 15.5 Å². The standard InChI is InChI=1S/C21H32ClFN4O/c1-14(2)28-12-11-27-9-7-15(8-10-27)25-21(24-3)26-19-13-16(19)20-17(22)5-4-6-18(20)23/h4-6,14-16,19H,7-13H2,1-3H3,(H2,24,25,26). The summed E-state index contributed by atoms with van der Waals surface area (Å²) in [7, 11) is 1.78. The number of aliphatic imine (C=N–C) groups is 1. The normalized spacial score (nSPS) is 23.9. The largest absolute Gasteiger partial charge is 0.377 e. The molecule has 2 unspecified atom stereocenters. The van der Waals surface area contributed by atoms with E-state index in [-0.39, 0.29) is 17.8 Å². The van der Waals surface area contributed by atoms with E-state index in [1.807, 2.05) is 0 Å². The number of guanidine groups is 1. The van der Waals surface area contributed by atoms with Crippen LogP contribution in [-0.4, -0.2) is 62.3 Å². The van der Waals surface area contributed by atoms with E-state index in [1.165, 1.54) is 6.07 Å². The Morgan fingerprint density at radius 2 is 2.07 bits per heavy atom. The molecule has 0 amide bonds. The minimum absolute atomic E-state index is 0.107. The van der Waals surface area contributed by atoms with Crippen molar-refractivity contribution in [1.29, 1.82) is 0 Å². The van der Waals surface area contributed by atoms with Crippen molar-refractivity contribution in [3.8, 4) is 0 Å². The molecule has 7 heteroatoms. The van der Waals surface area contributed by atoms with E-state index in [0.717, 1.165) is 51.5 Å². The molecule has 3 rings (SSSR count). The van der Waals surface area contributed by atoms with Crippen molar-refractivity contribution in [3.63, 3.8) is 0 Å². The third kappa shape index (κ3) is 5.82. The Hall–Kier alpha value is -1.37. The highest BCUT2D eigenvalue weighted by Gasteiger charge is 2.42. The number of likely N-dealkylation sites (tertiary alicyclic amines) is 1. The number of ether oxygens (including phenoxy) is 1. The summed E-state index contributed by atoms with van der Waals surface area (Å²) in [6.07, 6.45) is 3.32. The molecule has 2 N–H and O–H groups in total. The average Bonchev–Trinajstić information content (AvgIpc) is 3.40. The molecule has 28 heavy (non-hydrogen) atoms. The first-order valence-corrected chi connectivity index (χ1v) is 10.6. The zero-order valence-electron chi connectivity index (χ0n) is 17.0. The van der Waals surface area contributed by atoms with Crippen molar-refractivity contribution >= 4 is 17.6 Å². The van der Waals surface area contributed by atoms with Gasteiger partial charge in [0, 0.05) is 55.3 Å². The Morgan fingerprint density at radius 3 is 2.71 bits per heavy atom. The van der Waals surface area contributed by atoms with E-state index in [4.69, 9.17) is 16.3 Å². The van der Waals surface area contributed by atoms with Crippen LogP contribution in [0.25, 0.3) is 0 Å². The highest BCUT2D eigenvalue weighted by molar-refractivity contribution is 6.31. The molecule has 1 aliphatic heterocycles. The maximum atomic E-state index is 14.1. The van der Waals surface area contributed by atoms with Crippen LogP contribution in [0.4, 0.5) is 4.39 Å². The lowest BCUT2D eigenvalue weighted by molar-refractivity contribution is 0.0532. The molecule has 1 saturated heterocycles. The molecule has 2 atom stereocenters. The van der Waals surface area contributed by atoms with Crippen LogP contribution >= 0.6 is 11.6 Å². The number of nitrogens with one attached hydrogen (secondary N) is 2. The number of halogens is 2. The summed E-state index contributed by atoms with van der Waals surface area (Å²) >= 11 is 6.20. The molecular weight excluding hydrogens is 379 g/mol. The third-order valence-electron chi connectivity index (χ3n) is 5.49. The van der Waals surface area contributed by atoms with Gasteiger partial charge in [-0.3, -0.25) is 4.99 Å². The van der Waals surface area contributed by atoms with Crippen molar-refractivity contribution in [2.45, 2.75) is 57.2 Å².